The number of hydrogen-bond acceptors (Lipinski definition) is 5. The first-order valence-electron chi connectivity index (χ1n) is 13.9. The highest BCUT2D eigenvalue weighted by atomic mass is 19.2. The lowest BCUT2D eigenvalue weighted by atomic mass is 9.99. The number of nitrogens with zero attached hydrogens (tertiary/aromatic N) is 3. The van der Waals surface area contributed by atoms with Gasteiger partial charge < -0.3 is 15.2 Å². The summed E-state index contributed by atoms with van der Waals surface area (Å²) in [6.07, 6.45) is 1.28. The highest BCUT2D eigenvalue weighted by Crippen LogP contribution is 2.37. The number of aromatic nitrogens is 2. The van der Waals surface area contributed by atoms with Crippen LogP contribution in [0.15, 0.2) is 72.8 Å². The van der Waals surface area contributed by atoms with Gasteiger partial charge in [0.15, 0.2) is 11.6 Å². The Morgan fingerprint density at radius 3 is 2.42 bits per heavy atom. The highest BCUT2D eigenvalue weighted by Gasteiger charge is 2.40. The molecule has 1 aromatic heterocycles. The molecule has 9 nitrogen and oxygen atoms in total. The van der Waals surface area contributed by atoms with Gasteiger partial charge in [-0.3, -0.25) is 10.2 Å². The minimum absolute atomic E-state index is 0.0420. The second-order valence-corrected chi connectivity index (χ2v) is 10.6. The Morgan fingerprint density at radius 2 is 1.77 bits per heavy atom. The fourth-order valence-electron chi connectivity index (χ4n) is 5.73. The van der Waals surface area contributed by atoms with Crippen molar-refractivity contribution >= 4 is 17.8 Å². The van der Waals surface area contributed by atoms with Crippen molar-refractivity contribution in [3.05, 3.63) is 101 Å². The van der Waals surface area contributed by atoms with Gasteiger partial charge in [0.05, 0.1) is 29.0 Å². The zero-order valence-electron chi connectivity index (χ0n) is 24.1. The van der Waals surface area contributed by atoms with E-state index in [1.54, 1.807) is 30.0 Å². The van der Waals surface area contributed by atoms with E-state index in [1.807, 2.05) is 44.3 Å². The van der Waals surface area contributed by atoms with E-state index < -0.39 is 35.7 Å². The average molecular weight is 590 g/mol. The predicted octanol–water partition coefficient (Wildman–Crippen LogP) is 5.80. The Labute approximate surface area is 248 Å². The summed E-state index contributed by atoms with van der Waals surface area (Å²) in [5, 5.41) is 20.1. The first-order valence-corrected chi connectivity index (χ1v) is 13.9. The maximum atomic E-state index is 14.2. The number of nitrogens with one attached hydrogen (secondary N) is 2. The number of halogens is 2. The number of likely N-dealkylation sites (N-methyl/N-ethyl adjacent to an activating group) is 1. The van der Waals surface area contributed by atoms with Gasteiger partial charge in [-0.2, -0.15) is 5.10 Å². The van der Waals surface area contributed by atoms with E-state index in [1.165, 1.54) is 18.2 Å². The third-order valence-electron chi connectivity index (χ3n) is 7.94. The molecule has 0 radical (unpaired) electrons. The van der Waals surface area contributed by atoms with Crippen LogP contribution in [-0.4, -0.2) is 64.6 Å². The molecule has 3 atom stereocenters. The van der Waals surface area contributed by atoms with Gasteiger partial charge in [-0.15, -0.1) is 0 Å². The van der Waals surface area contributed by atoms with Crippen LogP contribution in [0.4, 0.5) is 19.4 Å². The number of anilines is 1. The number of methoxy groups -OCH3 is 1. The standard InChI is InChI=1S/C32H33F2N5O4/c1-19-28(20-9-11-21(12-10-20)31(40)41)37-39(23-7-5-4-6-8-23)30(19)36-32(42)35-27-18-24(15-16-43-3)38(2)29(27)22-13-14-25(33)26(34)17-22/h4-14,17,24,27,29H,15-16,18H2,1-3H3,(H,40,41)(H2,35,36,42)/t24-,27-,29+/m1/s1. The van der Waals surface area contributed by atoms with E-state index in [4.69, 9.17) is 9.84 Å². The summed E-state index contributed by atoms with van der Waals surface area (Å²) in [4.78, 5) is 27.0. The SMILES string of the molecule is COCC[C@@H]1C[C@@H](NC(=O)Nc2c(C)c(-c3ccc(C(=O)O)cc3)nn2-c2ccccc2)[C@H](c2ccc(F)c(F)c2)N1C. The van der Waals surface area contributed by atoms with Gasteiger partial charge in [0, 0.05) is 30.9 Å². The number of carboxylic acid groups (broad SMARTS) is 1. The number of hydrogen-bond donors (Lipinski definition) is 3. The van der Waals surface area contributed by atoms with Gasteiger partial charge in [-0.05, 0) is 68.8 Å². The van der Waals surface area contributed by atoms with E-state index in [9.17, 15) is 23.5 Å². The number of aromatic carboxylic acids is 1. The van der Waals surface area contributed by atoms with Crippen molar-refractivity contribution in [2.45, 2.75) is 37.9 Å². The molecule has 2 heterocycles. The van der Waals surface area contributed by atoms with Crippen molar-refractivity contribution in [3.63, 3.8) is 0 Å². The number of carbonyl (C=O) groups excluding carboxylic acids is 1. The maximum Gasteiger partial charge on any atom is 0.335 e. The Balaban J connectivity index is 1.45. The molecule has 5 rings (SSSR count). The topological polar surface area (TPSA) is 109 Å². The summed E-state index contributed by atoms with van der Waals surface area (Å²) < 4.78 is 34.9. The van der Waals surface area contributed by atoms with E-state index in [2.05, 4.69) is 15.5 Å². The molecule has 2 amide bonds. The van der Waals surface area contributed by atoms with Gasteiger partial charge in [0.2, 0.25) is 0 Å². The molecule has 0 spiro atoms. The monoisotopic (exact) mass is 589 g/mol. The van der Waals surface area contributed by atoms with Gasteiger partial charge in [0.25, 0.3) is 0 Å². The van der Waals surface area contributed by atoms with Crippen molar-refractivity contribution in [1.29, 1.82) is 0 Å². The van der Waals surface area contributed by atoms with Crippen molar-refractivity contribution in [3.8, 4) is 16.9 Å². The number of ether oxygens (including phenoxy) is 1. The molecule has 0 saturated carbocycles. The van der Waals surface area contributed by atoms with E-state index in [-0.39, 0.29) is 11.6 Å². The van der Waals surface area contributed by atoms with Gasteiger partial charge >= 0.3 is 12.0 Å². The third-order valence-corrected chi connectivity index (χ3v) is 7.94. The van der Waals surface area contributed by atoms with Gasteiger partial charge in [-0.1, -0.05) is 36.4 Å². The zero-order valence-corrected chi connectivity index (χ0v) is 24.1. The van der Waals surface area contributed by atoms with Crippen LogP contribution in [0.5, 0.6) is 0 Å². The molecule has 0 unspecified atom stereocenters. The summed E-state index contributed by atoms with van der Waals surface area (Å²) in [5.74, 6) is -2.46. The summed E-state index contributed by atoms with van der Waals surface area (Å²) in [6, 6.07) is 18.3. The molecular formula is C32H33F2N5O4. The van der Waals surface area contributed by atoms with Crippen LogP contribution in [-0.2, 0) is 4.74 Å². The Hall–Kier alpha value is -4.61. The molecular weight excluding hydrogens is 556 g/mol. The second-order valence-electron chi connectivity index (χ2n) is 10.6. The largest absolute Gasteiger partial charge is 0.478 e. The first kappa shape index (κ1) is 29.9. The Bertz CT molecular complexity index is 1610. The van der Waals surface area contributed by atoms with Crippen LogP contribution in [0.25, 0.3) is 16.9 Å². The lowest BCUT2D eigenvalue weighted by molar-refractivity contribution is 0.0697. The number of carboxylic acids is 1. The van der Waals surface area contributed by atoms with Crippen LogP contribution in [0.3, 0.4) is 0 Å². The molecule has 43 heavy (non-hydrogen) atoms. The van der Waals surface area contributed by atoms with E-state index >= 15 is 0 Å². The minimum Gasteiger partial charge on any atom is -0.478 e. The fraction of sp³-hybridized carbons (Fsp3) is 0.281. The number of rotatable bonds is 9. The molecule has 11 heteroatoms. The summed E-state index contributed by atoms with van der Waals surface area (Å²) in [6.45, 7) is 2.35. The molecule has 1 aliphatic rings. The van der Waals surface area contributed by atoms with E-state index in [0.29, 0.717) is 53.3 Å². The van der Waals surface area contributed by atoms with Crippen LogP contribution in [0.2, 0.25) is 0 Å². The molecule has 0 bridgehead atoms. The number of carbonyl (C=O) groups is 2. The summed E-state index contributed by atoms with van der Waals surface area (Å²) >= 11 is 0. The van der Waals surface area contributed by atoms with Gasteiger partial charge in [0.1, 0.15) is 5.82 Å². The molecule has 224 valence electrons. The predicted molar refractivity (Wildman–Crippen MR) is 158 cm³/mol. The number of amides is 2. The molecule has 0 aliphatic carbocycles. The molecule has 3 N–H and O–H groups in total. The highest BCUT2D eigenvalue weighted by molar-refractivity contribution is 5.92. The molecule has 1 saturated heterocycles. The fourth-order valence-corrected chi connectivity index (χ4v) is 5.73. The van der Waals surface area contributed by atoms with Crippen molar-refractivity contribution in [2.75, 3.05) is 26.1 Å². The first-order chi connectivity index (χ1) is 20.7. The minimum atomic E-state index is -1.03. The number of urea groups is 1. The number of likely N-dealkylation sites (tertiary alicyclic amines) is 1. The van der Waals surface area contributed by atoms with Crippen LogP contribution < -0.4 is 10.6 Å². The van der Waals surface area contributed by atoms with Crippen molar-refractivity contribution < 1.29 is 28.2 Å². The lowest BCUT2D eigenvalue weighted by Crippen LogP contribution is -2.41. The van der Waals surface area contributed by atoms with E-state index in [0.717, 1.165) is 6.07 Å². The quantitative estimate of drug-likeness (QED) is 0.228. The van der Waals surface area contributed by atoms with Crippen LogP contribution in [0.1, 0.15) is 40.4 Å². The maximum absolute atomic E-state index is 14.2. The zero-order chi connectivity index (χ0) is 30.7. The molecule has 4 aromatic rings. The summed E-state index contributed by atoms with van der Waals surface area (Å²) in [5.41, 5.74) is 3.38. The van der Waals surface area contributed by atoms with Crippen molar-refractivity contribution in [1.82, 2.24) is 20.0 Å². The Kier molecular flexibility index (Phi) is 8.84. The Morgan fingerprint density at radius 1 is 1.05 bits per heavy atom. The third kappa shape index (κ3) is 6.27. The average Bonchev–Trinajstić information content (AvgIpc) is 3.49. The second kappa shape index (κ2) is 12.7. The smallest absolute Gasteiger partial charge is 0.335 e. The lowest BCUT2D eigenvalue weighted by Gasteiger charge is -2.28. The van der Waals surface area contributed by atoms with Crippen LogP contribution >= 0.6 is 0 Å². The molecule has 1 fully saturated rings. The van der Waals surface area contributed by atoms with Gasteiger partial charge in [-0.25, -0.2) is 23.1 Å². The normalized spacial score (nSPS) is 18.5. The van der Waals surface area contributed by atoms with Crippen molar-refractivity contribution in [2.24, 2.45) is 0 Å². The molecule has 1 aliphatic heterocycles. The number of benzene rings is 3. The molecule has 3 aromatic carbocycles. The van der Waals surface area contributed by atoms with Crippen LogP contribution in [0, 0.1) is 18.6 Å². The number of para-hydroxylation sites is 1. The summed E-state index contributed by atoms with van der Waals surface area (Å²) in [7, 11) is 3.53.